The Balaban J connectivity index is 1.67. The maximum atomic E-state index is 12.6. The van der Waals surface area contributed by atoms with E-state index in [9.17, 15) is 4.79 Å². The van der Waals surface area contributed by atoms with E-state index in [4.69, 9.17) is 0 Å². The average Bonchev–Trinajstić information content (AvgIpc) is 3.16. The molecule has 0 bridgehead atoms. The Bertz CT molecular complexity index is 657. The largest absolute Gasteiger partial charge is 0.353 e. The van der Waals surface area contributed by atoms with Gasteiger partial charge in [0.1, 0.15) is 11.1 Å². The molecule has 0 aliphatic carbocycles. The maximum Gasteiger partial charge on any atom is 0.247 e. The van der Waals surface area contributed by atoms with Gasteiger partial charge < -0.3 is 10.2 Å². The van der Waals surface area contributed by atoms with E-state index in [1.165, 1.54) is 12.8 Å². The van der Waals surface area contributed by atoms with Gasteiger partial charge >= 0.3 is 0 Å². The zero-order valence-corrected chi connectivity index (χ0v) is 13.2. The minimum Gasteiger partial charge on any atom is -0.353 e. The van der Waals surface area contributed by atoms with Crippen LogP contribution in [0.1, 0.15) is 26.7 Å². The summed E-state index contributed by atoms with van der Waals surface area (Å²) < 4.78 is 1.70. The molecule has 1 aromatic heterocycles. The molecule has 22 heavy (non-hydrogen) atoms. The van der Waals surface area contributed by atoms with Crippen molar-refractivity contribution in [3.05, 3.63) is 24.3 Å². The lowest BCUT2D eigenvalue weighted by molar-refractivity contribution is -0.128. The first kappa shape index (κ1) is 15.0. The molecule has 6 nitrogen and oxygen atoms in total. The molecule has 6 heteroatoms. The van der Waals surface area contributed by atoms with Gasteiger partial charge in [0.05, 0.1) is 5.52 Å². The molecule has 0 spiro atoms. The van der Waals surface area contributed by atoms with Crippen LogP contribution in [0.2, 0.25) is 0 Å². The van der Waals surface area contributed by atoms with Gasteiger partial charge in [0, 0.05) is 13.1 Å². The van der Waals surface area contributed by atoms with Crippen molar-refractivity contribution >= 4 is 16.9 Å². The van der Waals surface area contributed by atoms with Crippen LogP contribution < -0.4 is 5.32 Å². The van der Waals surface area contributed by atoms with E-state index in [1.807, 2.05) is 38.1 Å². The highest BCUT2D eigenvalue weighted by Gasteiger charge is 2.32. The molecule has 1 aliphatic heterocycles. The second kappa shape index (κ2) is 6.04. The third-order valence-electron chi connectivity index (χ3n) is 4.35. The van der Waals surface area contributed by atoms with E-state index in [-0.39, 0.29) is 5.91 Å². The summed E-state index contributed by atoms with van der Waals surface area (Å²) in [4.78, 5) is 14.9. The van der Waals surface area contributed by atoms with E-state index in [0.29, 0.717) is 6.54 Å². The SMILES string of the molecule is CC(C)(C(=O)NCCN1CCCC1)n1nnc2ccccc21. The van der Waals surface area contributed by atoms with Gasteiger partial charge in [-0.15, -0.1) is 5.10 Å². The molecule has 3 rings (SSSR count). The van der Waals surface area contributed by atoms with Crippen LogP contribution in [0.15, 0.2) is 24.3 Å². The average molecular weight is 301 g/mol. The highest BCUT2D eigenvalue weighted by Crippen LogP contribution is 2.20. The van der Waals surface area contributed by atoms with Crippen molar-refractivity contribution < 1.29 is 4.79 Å². The number of aromatic nitrogens is 3. The van der Waals surface area contributed by atoms with Gasteiger partial charge in [0.15, 0.2) is 0 Å². The third kappa shape index (κ3) is 2.83. The summed E-state index contributed by atoms with van der Waals surface area (Å²) in [5, 5.41) is 11.3. The van der Waals surface area contributed by atoms with Crippen LogP contribution in [-0.4, -0.2) is 52.0 Å². The number of rotatable bonds is 5. The lowest BCUT2D eigenvalue weighted by Gasteiger charge is -2.25. The van der Waals surface area contributed by atoms with Crippen molar-refractivity contribution in [3.8, 4) is 0 Å². The highest BCUT2D eigenvalue weighted by atomic mass is 16.2. The van der Waals surface area contributed by atoms with Gasteiger partial charge in [-0.25, -0.2) is 4.68 Å². The summed E-state index contributed by atoms with van der Waals surface area (Å²) >= 11 is 0. The number of likely N-dealkylation sites (tertiary alicyclic amines) is 1. The van der Waals surface area contributed by atoms with E-state index in [2.05, 4.69) is 20.5 Å². The fourth-order valence-corrected chi connectivity index (χ4v) is 2.93. The molecule has 1 amide bonds. The van der Waals surface area contributed by atoms with Gasteiger partial charge in [-0.1, -0.05) is 17.3 Å². The fourth-order valence-electron chi connectivity index (χ4n) is 2.93. The van der Waals surface area contributed by atoms with Crippen LogP contribution in [0.4, 0.5) is 0 Å². The van der Waals surface area contributed by atoms with E-state index in [1.54, 1.807) is 4.68 Å². The van der Waals surface area contributed by atoms with Gasteiger partial charge in [-0.05, 0) is 51.9 Å². The monoisotopic (exact) mass is 301 g/mol. The van der Waals surface area contributed by atoms with Crippen LogP contribution in [0.3, 0.4) is 0 Å². The van der Waals surface area contributed by atoms with Crippen LogP contribution >= 0.6 is 0 Å². The molecular formula is C16H23N5O. The van der Waals surface area contributed by atoms with Gasteiger partial charge in [-0.2, -0.15) is 0 Å². The summed E-state index contributed by atoms with van der Waals surface area (Å²) in [6.45, 7) is 7.63. The zero-order valence-electron chi connectivity index (χ0n) is 13.2. The van der Waals surface area contributed by atoms with Crippen molar-refractivity contribution in [1.29, 1.82) is 0 Å². The van der Waals surface area contributed by atoms with E-state index >= 15 is 0 Å². The molecule has 1 aliphatic rings. The normalized spacial score (nSPS) is 16.3. The molecule has 1 N–H and O–H groups in total. The molecule has 1 saturated heterocycles. The second-order valence-corrected chi connectivity index (χ2v) is 6.35. The lowest BCUT2D eigenvalue weighted by Crippen LogP contribution is -2.46. The Labute approximate surface area is 130 Å². The molecule has 2 aromatic rings. The molecule has 0 unspecified atom stereocenters. The lowest BCUT2D eigenvalue weighted by atomic mass is 10.0. The first-order valence-electron chi connectivity index (χ1n) is 7.90. The number of hydrogen-bond acceptors (Lipinski definition) is 4. The topological polar surface area (TPSA) is 63.1 Å². The molecule has 118 valence electrons. The van der Waals surface area contributed by atoms with Gasteiger partial charge in [-0.3, -0.25) is 4.79 Å². The van der Waals surface area contributed by atoms with Crippen LogP contribution in [0.5, 0.6) is 0 Å². The van der Waals surface area contributed by atoms with Crippen molar-refractivity contribution in [2.24, 2.45) is 0 Å². The number of nitrogens with one attached hydrogen (secondary N) is 1. The van der Waals surface area contributed by atoms with Crippen LogP contribution in [0.25, 0.3) is 11.0 Å². The van der Waals surface area contributed by atoms with Crippen molar-refractivity contribution in [1.82, 2.24) is 25.2 Å². The Hall–Kier alpha value is -1.95. The number of carbonyl (C=O) groups is 1. The minimum absolute atomic E-state index is 0.0256. The summed E-state index contributed by atoms with van der Waals surface area (Å²) in [6.07, 6.45) is 2.54. The highest BCUT2D eigenvalue weighted by molar-refractivity contribution is 5.86. The summed E-state index contributed by atoms with van der Waals surface area (Å²) in [6, 6.07) is 7.70. The molecule has 1 fully saturated rings. The van der Waals surface area contributed by atoms with Crippen molar-refractivity contribution in [2.45, 2.75) is 32.2 Å². The number of para-hydroxylation sites is 1. The molecule has 0 atom stereocenters. The Morgan fingerprint density at radius 2 is 2.00 bits per heavy atom. The predicted octanol–water partition coefficient (Wildman–Crippen LogP) is 1.38. The molecule has 1 aromatic carbocycles. The number of fused-ring (bicyclic) bond motifs is 1. The maximum absolute atomic E-state index is 12.6. The summed E-state index contributed by atoms with van der Waals surface area (Å²) in [5.74, 6) is -0.0256. The number of benzene rings is 1. The number of carbonyl (C=O) groups excluding carboxylic acids is 1. The summed E-state index contributed by atoms with van der Waals surface area (Å²) in [7, 11) is 0. The summed E-state index contributed by atoms with van der Waals surface area (Å²) in [5.41, 5.74) is 0.920. The zero-order chi connectivity index (χ0) is 15.6. The van der Waals surface area contributed by atoms with E-state index < -0.39 is 5.54 Å². The van der Waals surface area contributed by atoms with Gasteiger partial charge in [0.2, 0.25) is 5.91 Å². The predicted molar refractivity (Wildman–Crippen MR) is 85.5 cm³/mol. The number of hydrogen-bond donors (Lipinski definition) is 1. The smallest absolute Gasteiger partial charge is 0.247 e. The molecule has 2 heterocycles. The van der Waals surface area contributed by atoms with E-state index in [0.717, 1.165) is 30.7 Å². The second-order valence-electron chi connectivity index (χ2n) is 6.35. The number of amides is 1. The van der Waals surface area contributed by atoms with Gasteiger partial charge in [0.25, 0.3) is 0 Å². The first-order chi connectivity index (χ1) is 10.6. The molecule has 0 radical (unpaired) electrons. The Kier molecular flexibility index (Phi) is 4.11. The van der Waals surface area contributed by atoms with Crippen LogP contribution in [-0.2, 0) is 10.3 Å². The van der Waals surface area contributed by atoms with Crippen LogP contribution in [0, 0.1) is 0 Å². The van der Waals surface area contributed by atoms with Crippen molar-refractivity contribution in [2.75, 3.05) is 26.2 Å². The third-order valence-corrected chi connectivity index (χ3v) is 4.35. The molecule has 0 saturated carbocycles. The number of nitrogens with zero attached hydrogens (tertiary/aromatic N) is 4. The Morgan fingerprint density at radius 3 is 2.77 bits per heavy atom. The fraction of sp³-hybridized carbons (Fsp3) is 0.562. The quantitative estimate of drug-likeness (QED) is 0.906. The molecular weight excluding hydrogens is 278 g/mol. The standard InChI is InChI=1S/C16H23N5O/c1-16(2,15(22)17-9-12-20-10-5-6-11-20)21-14-8-4-3-7-13(14)18-19-21/h3-4,7-8H,5-6,9-12H2,1-2H3,(H,17,22). The Morgan fingerprint density at radius 1 is 1.27 bits per heavy atom. The minimum atomic E-state index is -0.763. The first-order valence-corrected chi connectivity index (χ1v) is 7.90. The van der Waals surface area contributed by atoms with Crippen molar-refractivity contribution in [3.63, 3.8) is 0 Å².